The van der Waals surface area contributed by atoms with Crippen molar-refractivity contribution in [1.29, 1.82) is 5.26 Å². The van der Waals surface area contributed by atoms with Crippen LogP contribution in [0.1, 0.15) is 54.9 Å². The summed E-state index contributed by atoms with van der Waals surface area (Å²) in [5.74, 6) is 0.547. The molecule has 1 aliphatic carbocycles. The summed E-state index contributed by atoms with van der Waals surface area (Å²) in [5.41, 5.74) is 13.5. The van der Waals surface area contributed by atoms with Crippen molar-refractivity contribution in [2.24, 2.45) is 11.1 Å². The van der Waals surface area contributed by atoms with Crippen molar-refractivity contribution in [1.82, 2.24) is 0 Å². The molecule has 41 heavy (non-hydrogen) atoms. The molecule has 0 saturated carbocycles. The molecular formula is C33H30BrCl2N3OS. The summed E-state index contributed by atoms with van der Waals surface area (Å²) >= 11 is 17.8. The number of nitriles is 1. The molecule has 1 unspecified atom stereocenters. The fraction of sp³-hybridized carbons (Fsp3) is 0.273. The smallest absolute Gasteiger partial charge is 0.162 e. The summed E-state index contributed by atoms with van der Waals surface area (Å²) in [7, 11) is 0. The van der Waals surface area contributed by atoms with E-state index in [-0.39, 0.29) is 11.2 Å². The number of thioether (sulfide) groups is 1. The van der Waals surface area contributed by atoms with Crippen LogP contribution in [0.25, 0.3) is 0 Å². The average Bonchev–Trinajstić information content (AvgIpc) is 2.89. The van der Waals surface area contributed by atoms with Gasteiger partial charge in [-0.05, 0) is 90.4 Å². The van der Waals surface area contributed by atoms with E-state index in [2.05, 4.69) is 54.9 Å². The number of anilines is 1. The lowest BCUT2D eigenvalue weighted by atomic mass is 9.68. The maximum absolute atomic E-state index is 14.0. The Hall–Kier alpha value is -2.69. The van der Waals surface area contributed by atoms with E-state index in [1.54, 1.807) is 23.9 Å². The molecule has 0 amide bonds. The number of rotatable bonds is 5. The number of hydrogen-bond acceptors (Lipinski definition) is 5. The molecule has 5 rings (SSSR count). The standard InChI is InChI=1S/C33H30BrCl2N3OS/c1-18-11-19(2)24(12-20(18)17-41-29-13-22(35)7-10-26(29)36)30-25(16-37)32(38)39(23-8-5-21(34)6-9-23)27-14-33(3,4)15-28(40)31(27)30/h5-13,30H,14-15,17,38H2,1-4H3. The molecule has 0 aromatic heterocycles. The van der Waals surface area contributed by atoms with Gasteiger partial charge in [0.2, 0.25) is 0 Å². The second kappa shape index (κ2) is 11.5. The third-order valence-electron chi connectivity index (χ3n) is 7.78. The normalized spacial score (nSPS) is 18.4. The van der Waals surface area contributed by atoms with Crippen molar-refractivity contribution >= 4 is 62.4 Å². The Morgan fingerprint density at radius 2 is 1.78 bits per heavy atom. The molecule has 1 aliphatic heterocycles. The molecule has 2 N–H and O–H groups in total. The fourth-order valence-corrected chi connectivity index (χ4v) is 7.65. The second-order valence-corrected chi connectivity index (χ2v) is 14.2. The number of aryl methyl sites for hydroxylation is 2. The van der Waals surface area contributed by atoms with Gasteiger partial charge in [-0.25, -0.2) is 0 Å². The number of carbonyl (C=O) groups is 1. The zero-order valence-electron chi connectivity index (χ0n) is 23.3. The molecule has 0 saturated heterocycles. The summed E-state index contributed by atoms with van der Waals surface area (Å²) < 4.78 is 0.938. The Bertz CT molecular complexity index is 1670. The summed E-state index contributed by atoms with van der Waals surface area (Å²) in [6.07, 6.45) is 1.08. The highest BCUT2D eigenvalue weighted by Gasteiger charge is 2.45. The Labute approximate surface area is 264 Å². The number of allylic oxidation sites excluding steroid dienone is 3. The van der Waals surface area contributed by atoms with Crippen molar-refractivity contribution < 1.29 is 4.79 Å². The highest BCUT2D eigenvalue weighted by molar-refractivity contribution is 9.10. The van der Waals surface area contributed by atoms with Crippen LogP contribution >= 0.6 is 50.9 Å². The van der Waals surface area contributed by atoms with E-state index in [1.165, 1.54) is 0 Å². The first-order chi connectivity index (χ1) is 19.4. The third-order valence-corrected chi connectivity index (χ3v) is 10.1. The molecule has 0 spiro atoms. The zero-order valence-corrected chi connectivity index (χ0v) is 27.2. The van der Waals surface area contributed by atoms with Crippen LogP contribution in [-0.2, 0) is 10.5 Å². The first-order valence-corrected chi connectivity index (χ1v) is 15.8. The van der Waals surface area contributed by atoms with Gasteiger partial charge in [0.1, 0.15) is 5.82 Å². The van der Waals surface area contributed by atoms with Gasteiger partial charge in [0.05, 0.1) is 22.6 Å². The molecule has 3 aromatic rings. The van der Waals surface area contributed by atoms with Gasteiger partial charge in [-0.15, -0.1) is 11.8 Å². The Kier molecular flexibility index (Phi) is 8.38. The first-order valence-electron chi connectivity index (χ1n) is 13.3. The SMILES string of the molecule is Cc1cc(C)c(C2C(C#N)=C(N)N(c3ccc(Br)cc3)C3=C2C(=O)CC(C)(C)C3)cc1CSc1cc(Cl)ccc1Cl. The van der Waals surface area contributed by atoms with Crippen molar-refractivity contribution in [3.63, 3.8) is 0 Å². The lowest BCUT2D eigenvalue weighted by Crippen LogP contribution is -2.42. The molecule has 3 aromatic carbocycles. The largest absolute Gasteiger partial charge is 0.384 e. The van der Waals surface area contributed by atoms with Gasteiger partial charge in [-0.2, -0.15) is 5.26 Å². The van der Waals surface area contributed by atoms with Crippen LogP contribution < -0.4 is 10.6 Å². The van der Waals surface area contributed by atoms with Crippen molar-refractivity contribution in [2.75, 3.05) is 4.90 Å². The molecule has 0 fully saturated rings. The Morgan fingerprint density at radius 3 is 2.46 bits per heavy atom. The number of hydrogen-bond donors (Lipinski definition) is 1. The van der Waals surface area contributed by atoms with E-state index >= 15 is 0 Å². The summed E-state index contributed by atoms with van der Waals surface area (Å²) in [5, 5.41) is 11.8. The molecule has 0 bridgehead atoms. The predicted octanol–water partition coefficient (Wildman–Crippen LogP) is 9.61. The predicted molar refractivity (Wildman–Crippen MR) is 173 cm³/mol. The molecule has 1 atom stereocenters. The molecule has 4 nitrogen and oxygen atoms in total. The Balaban J connectivity index is 1.66. The monoisotopic (exact) mass is 665 g/mol. The van der Waals surface area contributed by atoms with Gasteiger partial charge in [0, 0.05) is 43.5 Å². The molecular weight excluding hydrogens is 637 g/mol. The molecule has 8 heteroatoms. The van der Waals surface area contributed by atoms with Crippen molar-refractivity contribution in [3.05, 3.63) is 114 Å². The van der Waals surface area contributed by atoms with Crippen molar-refractivity contribution in [2.45, 2.75) is 57.1 Å². The number of nitrogens with two attached hydrogens (primary N) is 1. The molecule has 0 radical (unpaired) electrons. The van der Waals surface area contributed by atoms with Crippen LogP contribution in [-0.4, -0.2) is 5.78 Å². The summed E-state index contributed by atoms with van der Waals surface area (Å²) in [6.45, 7) is 8.33. The van der Waals surface area contributed by atoms with Crippen LogP contribution in [0.4, 0.5) is 5.69 Å². The van der Waals surface area contributed by atoms with Crippen LogP contribution in [0.5, 0.6) is 0 Å². The maximum atomic E-state index is 14.0. The minimum atomic E-state index is -0.538. The van der Waals surface area contributed by atoms with Gasteiger partial charge in [-0.1, -0.05) is 65.1 Å². The third kappa shape index (κ3) is 5.83. The molecule has 2 aliphatic rings. The van der Waals surface area contributed by atoms with Gasteiger partial charge in [0.15, 0.2) is 5.78 Å². The van der Waals surface area contributed by atoms with Crippen LogP contribution in [0.3, 0.4) is 0 Å². The van der Waals surface area contributed by atoms with E-state index in [0.717, 1.165) is 43.0 Å². The Morgan fingerprint density at radius 1 is 1.07 bits per heavy atom. The van der Waals surface area contributed by atoms with E-state index in [4.69, 9.17) is 28.9 Å². The number of Topliss-reactive ketones (excluding diaryl/α,β-unsaturated/α-hetero) is 1. The molecule has 1 heterocycles. The topological polar surface area (TPSA) is 70.1 Å². The molecule has 210 valence electrons. The minimum absolute atomic E-state index is 0.0604. The zero-order chi connectivity index (χ0) is 29.6. The van der Waals surface area contributed by atoms with Gasteiger partial charge >= 0.3 is 0 Å². The number of nitrogens with zero attached hydrogens (tertiary/aromatic N) is 2. The maximum Gasteiger partial charge on any atom is 0.162 e. The van der Waals surface area contributed by atoms with E-state index < -0.39 is 5.92 Å². The van der Waals surface area contributed by atoms with Gasteiger partial charge in [-0.3, -0.25) is 9.69 Å². The van der Waals surface area contributed by atoms with Gasteiger partial charge in [0.25, 0.3) is 0 Å². The highest BCUT2D eigenvalue weighted by atomic mass is 79.9. The van der Waals surface area contributed by atoms with Crippen molar-refractivity contribution in [3.8, 4) is 6.07 Å². The number of halogens is 3. The lowest BCUT2D eigenvalue weighted by Gasteiger charge is -2.44. The first kappa shape index (κ1) is 29.8. The van der Waals surface area contributed by atoms with Crippen LogP contribution in [0.15, 0.2) is 86.6 Å². The highest BCUT2D eigenvalue weighted by Crippen LogP contribution is 2.51. The lowest BCUT2D eigenvalue weighted by molar-refractivity contribution is -0.118. The van der Waals surface area contributed by atoms with E-state index in [1.807, 2.05) is 42.2 Å². The quantitative estimate of drug-likeness (QED) is 0.275. The fourth-order valence-electron chi connectivity index (χ4n) is 5.83. The summed E-state index contributed by atoms with van der Waals surface area (Å²) in [6, 6.07) is 19.9. The number of carbonyl (C=O) groups excluding carboxylic acids is 1. The average molecular weight is 668 g/mol. The minimum Gasteiger partial charge on any atom is -0.384 e. The second-order valence-electron chi connectivity index (χ2n) is 11.5. The van der Waals surface area contributed by atoms with E-state index in [9.17, 15) is 10.1 Å². The van der Waals surface area contributed by atoms with E-state index in [0.29, 0.717) is 45.6 Å². The number of ketones is 1. The van der Waals surface area contributed by atoms with Crippen LogP contribution in [0.2, 0.25) is 10.0 Å². The number of benzene rings is 3. The van der Waals surface area contributed by atoms with Gasteiger partial charge < -0.3 is 5.73 Å². The summed E-state index contributed by atoms with van der Waals surface area (Å²) in [4.78, 5) is 16.8. The van der Waals surface area contributed by atoms with Crippen LogP contribution in [0, 0.1) is 30.6 Å².